The van der Waals surface area contributed by atoms with E-state index >= 15 is 0 Å². The van der Waals surface area contributed by atoms with Gasteiger partial charge in [0.2, 0.25) is 0 Å². The van der Waals surface area contributed by atoms with E-state index in [-0.39, 0.29) is 39.3 Å². The van der Waals surface area contributed by atoms with Crippen molar-refractivity contribution >= 4 is 11.9 Å². The number of carboxylic acid groups (broad SMARTS) is 2. The van der Waals surface area contributed by atoms with Gasteiger partial charge < -0.3 is 30.6 Å². The Labute approximate surface area is 92.4 Å². The number of rotatable bonds is 5. The summed E-state index contributed by atoms with van der Waals surface area (Å²) in [5.41, 5.74) is 0. The third-order valence-corrected chi connectivity index (χ3v) is 0.753. The Hall–Kier alpha value is -1.22. The number of carbonyl (C=O) groups is 2. The van der Waals surface area contributed by atoms with Gasteiger partial charge in [-0.05, 0) is 0 Å². The summed E-state index contributed by atoms with van der Waals surface area (Å²) in [6.07, 6.45) is -0.593. The first-order chi connectivity index (χ1) is 7.45. The van der Waals surface area contributed by atoms with E-state index in [1.807, 2.05) is 0 Å². The molecule has 8 heteroatoms. The van der Waals surface area contributed by atoms with Gasteiger partial charge in [-0.25, -0.2) is 0 Å². The van der Waals surface area contributed by atoms with E-state index < -0.39 is 11.9 Å². The van der Waals surface area contributed by atoms with Gasteiger partial charge in [0.25, 0.3) is 0 Å². The Balaban J connectivity index is -0.000000179. The highest BCUT2D eigenvalue weighted by molar-refractivity contribution is 5.75. The lowest BCUT2D eigenvalue weighted by atomic mass is 10.3. The van der Waals surface area contributed by atoms with Crippen molar-refractivity contribution in [2.75, 3.05) is 26.4 Å². The second-order valence-corrected chi connectivity index (χ2v) is 2.18. The number of aliphatic carboxylic acids is 2. The molecule has 6 N–H and O–H groups in total. The quantitative estimate of drug-likeness (QED) is 0.319. The number of hydrogen-bond donors (Lipinski definition) is 6. The molecular weight excluding hydrogens is 224 g/mol. The minimum atomic E-state index is -1.08. The van der Waals surface area contributed by atoms with Gasteiger partial charge in [0.05, 0.1) is 39.3 Å². The van der Waals surface area contributed by atoms with Crippen molar-refractivity contribution in [2.45, 2.75) is 12.8 Å². The van der Waals surface area contributed by atoms with Gasteiger partial charge in [0.15, 0.2) is 0 Å². The van der Waals surface area contributed by atoms with Crippen LogP contribution in [0.5, 0.6) is 0 Å². The molecule has 0 amide bonds. The van der Waals surface area contributed by atoms with Crippen LogP contribution < -0.4 is 0 Å². The van der Waals surface area contributed by atoms with Gasteiger partial charge in [0.1, 0.15) is 0 Å². The summed E-state index contributed by atoms with van der Waals surface area (Å²) in [6.45, 7) is -0.500. The van der Waals surface area contributed by atoms with Crippen molar-refractivity contribution < 1.29 is 40.2 Å². The summed E-state index contributed by atoms with van der Waals surface area (Å²) in [6, 6.07) is 0. The van der Waals surface area contributed by atoms with E-state index in [1.54, 1.807) is 0 Å². The lowest BCUT2D eigenvalue weighted by Gasteiger charge is -1.85. The summed E-state index contributed by atoms with van der Waals surface area (Å²) < 4.78 is 0. The van der Waals surface area contributed by atoms with E-state index in [0.29, 0.717) is 0 Å². The minimum Gasteiger partial charge on any atom is -0.481 e. The van der Waals surface area contributed by atoms with Crippen LogP contribution in [0.2, 0.25) is 0 Å². The normalized spacial score (nSPS) is 8.00. The minimum absolute atomic E-state index is 0.125. The molecule has 0 radical (unpaired) electrons. The Bertz CT molecular complexity index is 136. The first-order valence-electron chi connectivity index (χ1n) is 4.33. The first-order valence-corrected chi connectivity index (χ1v) is 4.33. The molecule has 98 valence electrons. The van der Waals surface area contributed by atoms with Crippen LogP contribution in [-0.4, -0.2) is 69.0 Å². The van der Waals surface area contributed by atoms with Crippen molar-refractivity contribution in [1.82, 2.24) is 0 Å². The van der Waals surface area contributed by atoms with E-state index in [0.717, 1.165) is 0 Å². The molecule has 0 atom stereocenters. The average Bonchev–Trinajstić information content (AvgIpc) is 2.27. The average molecular weight is 242 g/mol. The Morgan fingerprint density at radius 1 is 0.625 bits per heavy atom. The molecule has 0 saturated heterocycles. The smallest absolute Gasteiger partial charge is 0.303 e. The van der Waals surface area contributed by atoms with Crippen LogP contribution >= 0.6 is 0 Å². The Morgan fingerprint density at radius 2 is 0.812 bits per heavy atom. The van der Waals surface area contributed by atoms with Crippen LogP contribution in [0.1, 0.15) is 12.8 Å². The van der Waals surface area contributed by atoms with Crippen LogP contribution in [0.3, 0.4) is 0 Å². The standard InChI is InChI=1S/C4H6O4.2C2H6O2/c5-3(6)1-2-4(7)8;2*3-1-2-4/h1-2H2,(H,5,6)(H,7,8);2*3-4H,1-2H2. The van der Waals surface area contributed by atoms with Crippen molar-refractivity contribution in [2.24, 2.45) is 0 Å². The van der Waals surface area contributed by atoms with Gasteiger partial charge in [-0.2, -0.15) is 0 Å². The molecule has 0 aliphatic rings. The molecule has 0 saturated carbocycles. The number of hydrogen-bond acceptors (Lipinski definition) is 6. The maximum absolute atomic E-state index is 9.64. The monoisotopic (exact) mass is 242 g/mol. The van der Waals surface area contributed by atoms with Gasteiger partial charge >= 0.3 is 11.9 Å². The zero-order valence-electron chi connectivity index (χ0n) is 8.74. The van der Waals surface area contributed by atoms with Crippen LogP contribution in [0, 0.1) is 0 Å². The molecule has 0 rings (SSSR count). The molecule has 0 bridgehead atoms. The van der Waals surface area contributed by atoms with Gasteiger partial charge in [0, 0.05) is 0 Å². The number of carboxylic acids is 2. The first kappa shape index (κ1) is 20.2. The third kappa shape index (κ3) is 53.1. The van der Waals surface area contributed by atoms with Crippen LogP contribution in [0.25, 0.3) is 0 Å². The molecule has 0 fully saturated rings. The van der Waals surface area contributed by atoms with E-state index in [2.05, 4.69) is 0 Å². The van der Waals surface area contributed by atoms with Gasteiger partial charge in [-0.15, -0.1) is 0 Å². The molecule has 0 heterocycles. The van der Waals surface area contributed by atoms with Crippen molar-refractivity contribution in [3.05, 3.63) is 0 Å². The summed E-state index contributed by atoms with van der Waals surface area (Å²) in [4.78, 5) is 19.3. The maximum atomic E-state index is 9.64. The van der Waals surface area contributed by atoms with Gasteiger partial charge in [-0.1, -0.05) is 0 Å². The fourth-order valence-electron chi connectivity index (χ4n) is 0.214. The molecule has 16 heavy (non-hydrogen) atoms. The SMILES string of the molecule is O=C(O)CCC(=O)O.OCCO.OCCO. The van der Waals surface area contributed by atoms with E-state index in [9.17, 15) is 9.59 Å². The molecule has 0 aliphatic heterocycles. The molecule has 0 aromatic rings. The van der Waals surface area contributed by atoms with Crippen LogP contribution in [0.15, 0.2) is 0 Å². The summed E-state index contributed by atoms with van der Waals surface area (Å²) in [7, 11) is 0. The lowest BCUT2D eigenvalue weighted by Crippen LogP contribution is -2.00. The highest BCUT2D eigenvalue weighted by Crippen LogP contribution is 1.86. The summed E-state index contributed by atoms with van der Waals surface area (Å²) >= 11 is 0. The van der Waals surface area contributed by atoms with Crippen molar-refractivity contribution in [3.8, 4) is 0 Å². The van der Waals surface area contributed by atoms with Crippen molar-refractivity contribution in [1.29, 1.82) is 0 Å². The number of aliphatic hydroxyl groups is 4. The second kappa shape index (κ2) is 19.4. The topological polar surface area (TPSA) is 156 Å². The molecular formula is C8H18O8. The second-order valence-electron chi connectivity index (χ2n) is 2.18. The predicted octanol–water partition coefficient (Wildman–Crippen LogP) is -2.12. The van der Waals surface area contributed by atoms with Crippen molar-refractivity contribution in [3.63, 3.8) is 0 Å². The summed E-state index contributed by atoms with van der Waals surface area (Å²) in [5, 5.41) is 46.3. The molecule has 0 aromatic carbocycles. The third-order valence-electron chi connectivity index (χ3n) is 0.753. The fourth-order valence-corrected chi connectivity index (χ4v) is 0.214. The molecule has 0 aromatic heterocycles. The van der Waals surface area contributed by atoms with E-state index in [4.69, 9.17) is 30.6 Å². The molecule has 0 unspecified atom stereocenters. The van der Waals surface area contributed by atoms with Crippen LogP contribution in [0.4, 0.5) is 0 Å². The van der Waals surface area contributed by atoms with E-state index in [1.165, 1.54) is 0 Å². The highest BCUT2D eigenvalue weighted by Gasteiger charge is 2.00. The lowest BCUT2D eigenvalue weighted by molar-refractivity contribution is -0.143. The maximum Gasteiger partial charge on any atom is 0.303 e. The number of aliphatic hydroxyl groups excluding tert-OH is 4. The predicted molar refractivity (Wildman–Crippen MR) is 52.8 cm³/mol. The van der Waals surface area contributed by atoms with Crippen LogP contribution in [-0.2, 0) is 9.59 Å². The zero-order chi connectivity index (χ0) is 13.4. The molecule has 0 aliphatic carbocycles. The fraction of sp³-hybridized carbons (Fsp3) is 0.750. The van der Waals surface area contributed by atoms with Gasteiger partial charge in [-0.3, -0.25) is 9.59 Å². The Morgan fingerprint density at radius 3 is 0.875 bits per heavy atom. The molecule has 0 spiro atoms. The zero-order valence-corrected chi connectivity index (χ0v) is 8.74. The largest absolute Gasteiger partial charge is 0.481 e. The summed E-state index contributed by atoms with van der Waals surface area (Å²) in [5.74, 6) is -2.15. The molecule has 8 nitrogen and oxygen atoms in total. The Kier molecular flexibility index (Phi) is 24.5. The highest BCUT2D eigenvalue weighted by atomic mass is 16.4.